The van der Waals surface area contributed by atoms with Crippen molar-refractivity contribution in [2.24, 2.45) is 5.92 Å². The van der Waals surface area contributed by atoms with Crippen LogP contribution in [0.15, 0.2) is 48.7 Å². The number of benzene rings is 1. The average molecular weight is 370 g/mol. The average Bonchev–Trinajstić information content (AvgIpc) is 2.57. The molecule has 5 nitrogen and oxygen atoms in total. The summed E-state index contributed by atoms with van der Waals surface area (Å²) in [5.41, 5.74) is 0.740. The number of rotatable bonds is 4. The smallest absolute Gasteiger partial charge is 0.228 e. The summed E-state index contributed by atoms with van der Waals surface area (Å²) < 4.78 is 5.67. The highest BCUT2D eigenvalue weighted by atomic mass is 35.5. The van der Waals surface area contributed by atoms with Gasteiger partial charge in [-0.1, -0.05) is 12.1 Å². The maximum absolute atomic E-state index is 12.2. The third kappa shape index (κ3) is 5.67. The van der Waals surface area contributed by atoms with Crippen molar-refractivity contribution >= 4 is 36.4 Å². The van der Waals surface area contributed by atoms with Crippen LogP contribution in [0.25, 0.3) is 0 Å². The standard InChI is InChI=1S/C17H19N3O2.2ClH/c21-17(13-5-4-9-18-12-13)20-14-6-3-7-15(11-14)22-16-8-1-2-10-19-16;;/h1-3,6-8,10-11,13,18H,4-5,9,12H2,(H,20,21);2*1H. The Balaban J connectivity index is 0.00000144. The summed E-state index contributed by atoms with van der Waals surface area (Å²) >= 11 is 0. The van der Waals surface area contributed by atoms with Crippen LogP contribution in [0, 0.1) is 5.92 Å². The number of halogens is 2. The molecule has 0 saturated carbocycles. The van der Waals surface area contributed by atoms with Crippen LogP contribution < -0.4 is 15.4 Å². The summed E-state index contributed by atoms with van der Waals surface area (Å²) in [5.74, 6) is 1.28. The summed E-state index contributed by atoms with van der Waals surface area (Å²) in [6.45, 7) is 1.74. The molecule has 2 N–H and O–H groups in total. The van der Waals surface area contributed by atoms with Gasteiger partial charge in [0.05, 0.1) is 5.92 Å². The van der Waals surface area contributed by atoms with Crippen LogP contribution >= 0.6 is 24.8 Å². The van der Waals surface area contributed by atoms with Gasteiger partial charge in [-0.2, -0.15) is 0 Å². The number of anilines is 1. The van der Waals surface area contributed by atoms with E-state index in [1.807, 2.05) is 36.4 Å². The second-order valence-corrected chi connectivity index (χ2v) is 5.33. The van der Waals surface area contributed by atoms with Crippen molar-refractivity contribution in [2.75, 3.05) is 18.4 Å². The number of carbonyl (C=O) groups excluding carboxylic acids is 1. The van der Waals surface area contributed by atoms with Crippen LogP contribution in [-0.4, -0.2) is 24.0 Å². The molecule has 1 aromatic carbocycles. The van der Waals surface area contributed by atoms with E-state index >= 15 is 0 Å². The Morgan fingerprint density at radius 3 is 2.79 bits per heavy atom. The Kier molecular flexibility index (Phi) is 8.54. The molecule has 1 amide bonds. The molecule has 1 aliphatic rings. The molecule has 1 atom stereocenters. The second-order valence-electron chi connectivity index (χ2n) is 5.33. The summed E-state index contributed by atoms with van der Waals surface area (Å²) in [4.78, 5) is 16.4. The zero-order valence-electron chi connectivity index (χ0n) is 13.1. The predicted molar refractivity (Wildman–Crippen MR) is 99.5 cm³/mol. The van der Waals surface area contributed by atoms with Crippen LogP contribution in [-0.2, 0) is 4.79 Å². The predicted octanol–water partition coefficient (Wildman–Crippen LogP) is 3.66. The Morgan fingerprint density at radius 1 is 1.21 bits per heavy atom. The molecule has 1 fully saturated rings. The normalized spacial score (nSPS) is 16.2. The van der Waals surface area contributed by atoms with Crippen molar-refractivity contribution in [3.63, 3.8) is 0 Å². The highest BCUT2D eigenvalue weighted by Gasteiger charge is 2.20. The number of piperidine rings is 1. The summed E-state index contributed by atoms with van der Waals surface area (Å²) in [6.07, 6.45) is 3.65. The highest BCUT2D eigenvalue weighted by Crippen LogP contribution is 2.23. The topological polar surface area (TPSA) is 63.2 Å². The van der Waals surface area contributed by atoms with Crippen molar-refractivity contribution in [1.82, 2.24) is 10.3 Å². The van der Waals surface area contributed by atoms with Crippen LogP contribution in [0.1, 0.15) is 12.8 Å². The summed E-state index contributed by atoms with van der Waals surface area (Å²) in [5, 5.41) is 6.21. The molecule has 1 aliphatic heterocycles. The molecule has 1 aromatic heterocycles. The molecule has 130 valence electrons. The lowest BCUT2D eigenvalue weighted by molar-refractivity contribution is -0.120. The fourth-order valence-electron chi connectivity index (χ4n) is 2.49. The lowest BCUT2D eigenvalue weighted by Crippen LogP contribution is -2.37. The number of pyridine rings is 1. The number of ether oxygens (including phenoxy) is 1. The van der Waals surface area contributed by atoms with Crippen molar-refractivity contribution in [3.8, 4) is 11.6 Å². The van der Waals surface area contributed by atoms with E-state index in [1.165, 1.54) is 0 Å². The Hall–Kier alpha value is -1.82. The van der Waals surface area contributed by atoms with Gasteiger partial charge in [0.15, 0.2) is 0 Å². The minimum Gasteiger partial charge on any atom is -0.439 e. The molecule has 0 spiro atoms. The van der Waals surface area contributed by atoms with Gasteiger partial charge >= 0.3 is 0 Å². The molecule has 0 aliphatic carbocycles. The summed E-state index contributed by atoms with van der Waals surface area (Å²) in [6, 6.07) is 12.9. The molecule has 2 heterocycles. The molecular weight excluding hydrogens is 349 g/mol. The van der Waals surface area contributed by atoms with Gasteiger partial charge in [-0.05, 0) is 37.6 Å². The highest BCUT2D eigenvalue weighted by molar-refractivity contribution is 5.92. The molecule has 0 radical (unpaired) electrons. The number of carbonyl (C=O) groups is 1. The second kappa shape index (κ2) is 10.1. The van der Waals surface area contributed by atoms with Crippen molar-refractivity contribution in [2.45, 2.75) is 12.8 Å². The van der Waals surface area contributed by atoms with E-state index in [0.29, 0.717) is 11.6 Å². The van der Waals surface area contributed by atoms with Gasteiger partial charge in [-0.3, -0.25) is 4.79 Å². The van der Waals surface area contributed by atoms with Crippen LogP contribution in [0.3, 0.4) is 0 Å². The van der Waals surface area contributed by atoms with Crippen LogP contribution in [0.4, 0.5) is 5.69 Å². The SMILES string of the molecule is Cl.Cl.O=C(Nc1cccc(Oc2ccccn2)c1)C1CCCNC1. The van der Waals surface area contributed by atoms with Gasteiger partial charge in [0.2, 0.25) is 11.8 Å². The number of amides is 1. The zero-order valence-corrected chi connectivity index (χ0v) is 14.7. The number of aromatic nitrogens is 1. The quantitative estimate of drug-likeness (QED) is 0.862. The van der Waals surface area contributed by atoms with Crippen molar-refractivity contribution in [3.05, 3.63) is 48.7 Å². The molecule has 1 saturated heterocycles. The summed E-state index contributed by atoms with van der Waals surface area (Å²) in [7, 11) is 0. The first-order valence-electron chi connectivity index (χ1n) is 7.52. The van der Waals surface area contributed by atoms with Gasteiger partial charge in [0.1, 0.15) is 5.75 Å². The lowest BCUT2D eigenvalue weighted by atomic mass is 9.99. The molecule has 7 heteroatoms. The van der Waals surface area contributed by atoms with E-state index in [-0.39, 0.29) is 36.6 Å². The van der Waals surface area contributed by atoms with E-state index in [0.717, 1.165) is 31.6 Å². The van der Waals surface area contributed by atoms with Crippen molar-refractivity contribution in [1.29, 1.82) is 0 Å². The Labute approximate surface area is 154 Å². The van der Waals surface area contributed by atoms with E-state index in [4.69, 9.17) is 4.74 Å². The molecule has 3 rings (SSSR count). The third-order valence-electron chi connectivity index (χ3n) is 3.63. The molecule has 2 aromatic rings. The maximum Gasteiger partial charge on any atom is 0.228 e. The largest absolute Gasteiger partial charge is 0.439 e. The maximum atomic E-state index is 12.2. The fourth-order valence-corrected chi connectivity index (χ4v) is 2.49. The van der Waals surface area contributed by atoms with Gasteiger partial charge in [-0.15, -0.1) is 24.8 Å². The Bertz CT molecular complexity index is 635. The first-order valence-corrected chi connectivity index (χ1v) is 7.52. The number of hydrogen-bond donors (Lipinski definition) is 2. The third-order valence-corrected chi connectivity index (χ3v) is 3.63. The van der Waals surface area contributed by atoms with Crippen LogP contribution in [0.5, 0.6) is 11.6 Å². The van der Waals surface area contributed by atoms with Crippen LogP contribution in [0.2, 0.25) is 0 Å². The van der Waals surface area contributed by atoms with E-state index < -0.39 is 0 Å². The molecule has 1 unspecified atom stereocenters. The van der Waals surface area contributed by atoms with Gasteiger partial charge < -0.3 is 15.4 Å². The molecule has 0 bridgehead atoms. The van der Waals surface area contributed by atoms with Gasteiger partial charge in [-0.25, -0.2) is 4.98 Å². The number of nitrogens with one attached hydrogen (secondary N) is 2. The minimum absolute atomic E-state index is 0. The molecule has 24 heavy (non-hydrogen) atoms. The Morgan fingerprint density at radius 2 is 2.08 bits per heavy atom. The van der Waals surface area contributed by atoms with Gasteiger partial charge in [0, 0.05) is 30.6 Å². The fraction of sp³-hybridized carbons (Fsp3) is 0.294. The monoisotopic (exact) mass is 369 g/mol. The first kappa shape index (κ1) is 20.2. The lowest BCUT2D eigenvalue weighted by Gasteiger charge is -2.22. The first-order chi connectivity index (χ1) is 10.8. The van der Waals surface area contributed by atoms with Crippen molar-refractivity contribution < 1.29 is 9.53 Å². The molecular formula is C17H21Cl2N3O2. The van der Waals surface area contributed by atoms with Gasteiger partial charge in [0.25, 0.3) is 0 Å². The van der Waals surface area contributed by atoms with E-state index in [1.54, 1.807) is 12.3 Å². The number of hydrogen-bond acceptors (Lipinski definition) is 4. The minimum atomic E-state index is 0. The van der Waals surface area contributed by atoms with E-state index in [9.17, 15) is 4.79 Å². The number of nitrogens with zero attached hydrogens (tertiary/aromatic N) is 1. The zero-order chi connectivity index (χ0) is 15.2. The van der Waals surface area contributed by atoms with E-state index in [2.05, 4.69) is 15.6 Å².